The van der Waals surface area contributed by atoms with E-state index < -0.39 is 0 Å². The van der Waals surface area contributed by atoms with Gasteiger partial charge in [0.05, 0.1) is 5.69 Å². The highest BCUT2D eigenvalue weighted by Gasteiger charge is 2.08. The van der Waals surface area contributed by atoms with Crippen LogP contribution in [-0.4, -0.2) is 9.97 Å². The Bertz CT molecular complexity index is 273. The molecule has 1 heterocycles. The fourth-order valence-corrected chi connectivity index (χ4v) is 1.26. The van der Waals surface area contributed by atoms with Crippen molar-refractivity contribution in [3.8, 4) is 0 Å². The van der Waals surface area contributed by atoms with Gasteiger partial charge in [0.1, 0.15) is 0 Å². The molecule has 2 nitrogen and oxygen atoms in total. The molecule has 1 rings (SSSR count). The number of rotatable bonds is 2. The molecule has 0 radical (unpaired) electrons. The standard InChI is InChI=1S/C9H13ClN2/c1-4-6(2)8-7(3)5-11-9(10)12-8/h5-6H,4H2,1-3H3. The third kappa shape index (κ3) is 1.95. The minimum atomic E-state index is 0.343. The van der Waals surface area contributed by atoms with Crippen molar-refractivity contribution in [1.82, 2.24) is 9.97 Å². The monoisotopic (exact) mass is 184 g/mol. The molecule has 0 aromatic carbocycles. The summed E-state index contributed by atoms with van der Waals surface area (Å²) < 4.78 is 0. The molecule has 0 amide bonds. The second-order valence-electron chi connectivity index (χ2n) is 3.02. The van der Waals surface area contributed by atoms with Gasteiger partial charge in [-0.15, -0.1) is 0 Å². The zero-order chi connectivity index (χ0) is 9.14. The highest BCUT2D eigenvalue weighted by Crippen LogP contribution is 2.20. The van der Waals surface area contributed by atoms with Crippen LogP contribution >= 0.6 is 11.6 Å². The molecule has 1 aromatic rings. The number of aryl methyl sites for hydroxylation is 1. The molecule has 3 heteroatoms. The Balaban J connectivity index is 3.04. The molecule has 0 bridgehead atoms. The van der Waals surface area contributed by atoms with Gasteiger partial charge in [-0.3, -0.25) is 0 Å². The first-order valence-corrected chi connectivity index (χ1v) is 4.52. The summed E-state index contributed by atoms with van der Waals surface area (Å²) in [6.45, 7) is 6.30. The van der Waals surface area contributed by atoms with Gasteiger partial charge < -0.3 is 0 Å². The van der Waals surface area contributed by atoms with Crippen LogP contribution in [0.2, 0.25) is 5.28 Å². The van der Waals surface area contributed by atoms with Gasteiger partial charge in [0.15, 0.2) is 0 Å². The molecule has 12 heavy (non-hydrogen) atoms. The molecule has 66 valence electrons. The number of nitrogens with zero attached hydrogens (tertiary/aromatic N) is 2. The van der Waals surface area contributed by atoms with Gasteiger partial charge in [0, 0.05) is 6.20 Å². The van der Waals surface area contributed by atoms with Crippen LogP contribution in [0.25, 0.3) is 0 Å². The van der Waals surface area contributed by atoms with Gasteiger partial charge in [0.2, 0.25) is 5.28 Å². The minimum absolute atomic E-state index is 0.343. The summed E-state index contributed by atoms with van der Waals surface area (Å²) >= 11 is 5.70. The first-order valence-electron chi connectivity index (χ1n) is 4.14. The summed E-state index contributed by atoms with van der Waals surface area (Å²) in [5.74, 6) is 0.463. The Labute approximate surface area is 78.0 Å². The average Bonchev–Trinajstić information content (AvgIpc) is 2.08. The molecule has 0 N–H and O–H groups in total. The first-order chi connectivity index (χ1) is 5.65. The second-order valence-corrected chi connectivity index (χ2v) is 3.35. The largest absolute Gasteiger partial charge is 0.226 e. The van der Waals surface area contributed by atoms with Crippen molar-refractivity contribution in [2.45, 2.75) is 33.1 Å². The third-order valence-electron chi connectivity index (χ3n) is 2.06. The lowest BCUT2D eigenvalue weighted by molar-refractivity contribution is 0.697. The molecule has 0 aliphatic carbocycles. The number of hydrogen-bond acceptors (Lipinski definition) is 2. The second kappa shape index (κ2) is 3.85. The Kier molecular flexibility index (Phi) is 3.04. The zero-order valence-electron chi connectivity index (χ0n) is 7.63. The maximum atomic E-state index is 5.70. The molecular weight excluding hydrogens is 172 g/mol. The Hall–Kier alpha value is -0.630. The molecule has 0 aliphatic rings. The van der Waals surface area contributed by atoms with E-state index in [2.05, 4.69) is 23.8 Å². The molecule has 0 spiro atoms. The smallest absolute Gasteiger partial charge is 0.222 e. The summed E-state index contributed by atoms with van der Waals surface area (Å²) in [5.41, 5.74) is 2.19. The highest BCUT2D eigenvalue weighted by molar-refractivity contribution is 6.28. The molecule has 1 unspecified atom stereocenters. The van der Waals surface area contributed by atoms with Crippen molar-refractivity contribution in [3.63, 3.8) is 0 Å². The Morgan fingerprint density at radius 2 is 2.25 bits per heavy atom. The van der Waals surface area contributed by atoms with E-state index >= 15 is 0 Å². The van der Waals surface area contributed by atoms with E-state index in [0.717, 1.165) is 17.7 Å². The van der Waals surface area contributed by atoms with Crippen LogP contribution in [0.1, 0.15) is 37.4 Å². The molecule has 0 saturated carbocycles. The van der Waals surface area contributed by atoms with Gasteiger partial charge >= 0.3 is 0 Å². The topological polar surface area (TPSA) is 25.8 Å². The lowest BCUT2D eigenvalue weighted by Gasteiger charge is -2.10. The first kappa shape index (κ1) is 9.46. The summed E-state index contributed by atoms with van der Waals surface area (Å²) in [4.78, 5) is 8.11. The van der Waals surface area contributed by atoms with Crippen molar-refractivity contribution in [2.75, 3.05) is 0 Å². The summed E-state index contributed by atoms with van der Waals surface area (Å²) in [6, 6.07) is 0. The lowest BCUT2D eigenvalue weighted by atomic mass is 10.0. The van der Waals surface area contributed by atoms with Gasteiger partial charge in [-0.25, -0.2) is 9.97 Å². The number of hydrogen-bond donors (Lipinski definition) is 0. The summed E-state index contributed by atoms with van der Waals surface area (Å²) in [7, 11) is 0. The van der Waals surface area contributed by atoms with Crippen molar-refractivity contribution in [2.24, 2.45) is 0 Å². The highest BCUT2D eigenvalue weighted by atomic mass is 35.5. The fourth-order valence-electron chi connectivity index (χ4n) is 1.12. The van der Waals surface area contributed by atoms with Crippen LogP contribution in [0.15, 0.2) is 6.20 Å². The van der Waals surface area contributed by atoms with Crippen LogP contribution in [0.3, 0.4) is 0 Å². The van der Waals surface area contributed by atoms with E-state index in [4.69, 9.17) is 11.6 Å². The van der Waals surface area contributed by atoms with Crippen LogP contribution in [-0.2, 0) is 0 Å². The van der Waals surface area contributed by atoms with Crippen molar-refractivity contribution < 1.29 is 0 Å². The SMILES string of the molecule is CCC(C)c1nc(Cl)ncc1C. The molecule has 0 aliphatic heterocycles. The maximum absolute atomic E-state index is 5.70. The molecule has 1 aromatic heterocycles. The van der Waals surface area contributed by atoms with E-state index in [0.29, 0.717) is 11.2 Å². The van der Waals surface area contributed by atoms with Crippen LogP contribution in [0.4, 0.5) is 0 Å². The van der Waals surface area contributed by atoms with Crippen molar-refractivity contribution in [1.29, 1.82) is 0 Å². The van der Waals surface area contributed by atoms with E-state index in [1.165, 1.54) is 0 Å². The molecular formula is C9H13ClN2. The lowest BCUT2D eigenvalue weighted by Crippen LogP contribution is -2.00. The van der Waals surface area contributed by atoms with E-state index in [9.17, 15) is 0 Å². The van der Waals surface area contributed by atoms with E-state index in [-0.39, 0.29) is 0 Å². The fraction of sp³-hybridized carbons (Fsp3) is 0.556. The number of aromatic nitrogens is 2. The van der Waals surface area contributed by atoms with Crippen LogP contribution in [0.5, 0.6) is 0 Å². The molecule has 0 fully saturated rings. The third-order valence-corrected chi connectivity index (χ3v) is 2.24. The van der Waals surface area contributed by atoms with Gasteiger partial charge in [-0.1, -0.05) is 13.8 Å². The zero-order valence-corrected chi connectivity index (χ0v) is 8.39. The van der Waals surface area contributed by atoms with E-state index in [1.807, 2.05) is 6.92 Å². The van der Waals surface area contributed by atoms with Crippen molar-refractivity contribution >= 4 is 11.6 Å². The Morgan fingerprint density at radius 3 is 2.83 bits per heavy atom. The molecule has 1 atom stereocenters. The van der Waals surface area contributed by atoms with Crippen LogP contribution < -0.4 is 0 Å². The predicted octanol–water partition coefficient (Wildman–Crippen LogP) is 2.95. The van der Waals surface area contributed by atoms with Gasteiger partial charge in [-0.2, -0.15) is 0 Å². The van der Waals surface area contributed by atoms with Gasteiger partial charge in [-0.05, 0) is 36.4 Å². The maximum Gasteiger partial charge on any atom is 0.222 e. The van der Waals surface area contributed by atoms with Crippen molar-refractivity contribution in [3.05, 3.63) is 22.7 Å². The summed E-state index contributed by atoms with van der Waals surface area (Å²) in [5, 5.41) is 0.343. The normalized spacial score (nSPS) is 13.0. The van der Waals surface area contributed by atoms with Crippen LogP contribution in [0, 0.1) is 6.92 Å². The Morgan fingerprint density at radius 1 is 1.58 bits per heavy atom. The molecule has 0 saturated heterocycles. The minimum Gasteiger partial charge on any atom is -0.226 e. The summed E-state index contributed by atoms with van der Waals surface area (Å²) in [6.07, 6.45) is 2.85. The average molecular weight is 185 g/mol. The number of halogens is 1. The van der Waals surface area contributed by atoms with E-state index in [1.54, 1.807) is 6.20 Å². The quantitative estimate of drug-likeness (QED) is 0.661. The van der Waals surface area contributed by atoms with Gasteiger partial charge in [0.25, 0.3) is 0 Å². The predicted molar refractivity (Wildman–Crippen MR) is 50.5 cm³/mol.